The molecule has 0 aliphatic heterocycles. The van der Waals surface area contributed by atoms with Crippen LogP contribution in [0, 0.1) is 0 Å². The van der Waals surface area contributed by atoms with E-state index >= 15 is 0 Å². The van der Waals surface area contributed by atoms with Crippen molar-refractivity contribution >= 4 is 33.0 Å². The Balaban J connectivity index is 1.96. The molecule has 0 spiro atoms. The minimum atomic E-state index is -3.25. The van der Waals surface area contributed by atoms with Crippen LogP contribution in [0.15, 0.2) is 46.7 Å². The molecule has 2 rings (SSSR count). The largest absolute Gasteiger partial charge is 0.348 e. The number of amides is 2. The van der Waals surface area contributed by atoms with E-state index in [1.54, 1.807) is 43.5 Å². The summed E-state index contributed by atoms with van der Waals surface area (Å²) in [6, 6.07) is 8.80. The predicted molar refractivity (Wildman–Crippen MR) is 97.4 cm³/mol. The van der Waals surface area contributed by atoms with Crippen LogP contribution < -0.4 is 10.6 Å². The van der Waals surface area contributed by atoms with E-state index in [4.69, 9.17) is 0 Å². The maximum atomic E-state index is 12.2. The van der Waals surface area contributed by atoms with Crippen molar-refractivity contribution in [2.45, 2.75) is 30.8 Å². The molecule has 1 aromatic carbocycles. The second kappa shape index (κ2) is 7.79. The third kappa shape index (κ3) is 5.14. The first kappa shape index (κ1) is 19.1. The van der Waals surface area contributed by atoms with Gasteiger partial charge in [-0.15, -0.1) is 11.3 Å². The van der Waals surface area contributed by atoms with Gasteiger partial charge in [-0.1, -0.05) is 18.2 Å². The van der Waals surface area contributed by atoms with Crippen LogP contribution >= 0.6 is 11.3 Å². The van der Waals surface area contributed by atoms with E-state index in [1.165, 1.54) is 23.5 Å². The maximum Gasteiger partial charge on any atom is 0.261 e. The lowest BCUT2D eigenvalue weighted by Crippen LogP contribution is -2.45. The lowest BCUT2D eigenvalue weighted by molar-refractivity contribution is -0.123. The molecule has 2 aromatic rings. The molecule has 0 aliphatic rings. The van der Waals surface area contributed by atoms with E-state index in [2.05, 4.69) is 10.6 Å². The van der Waals surface area contributed by atoms with Crippen LogP contribution in [-0.2, 0) is 14.6 Å². The smallest absolute Gasteiger partial charge is 0.261 e. The Kier molecular flexibility index (Phi) is 5.97. The van der Waals surface area contributed by atoms with Crippen molar-refractivity contribution < 1.29 is 18.0 Å². The summed E-state index contributed by atoms with van der Waals surface area (Å²) in [5, 5.41) is 7.25. The van der Waals surface area contributed by atoms with E-state index in [-0.39, 0.29) is 22.8 Å². The summed E-state index contributed by atoms with van der Waals surface area (Å²) < 4.78 is 22.9. The molecule has 0 aliphatic carbocycles. The van der Waals surface area contributed by atoms with Crippen molar-refractivity contribution in [2.24, 2.45) is 0 Å². The van der Waals surface area contributed by atoms with Crippen molar-refractivity contribution in [3.63, 3.8) is 0 Å². The lowest BCUT2D eigenvalue weighted by atomic mass is 10.1. The summed E-state index contributed by atoms with van der Waals surface area (Å²) in [5.41, 5.74) is 0.775. The molecule has 25 heavy (non-hydrogen) atoms. The molecule has 0 fully saturated rings. The van der Waals surface area contributed by atoms with Gasteiger partial charge in [0, 0.05) is 6.26 Å². The van der Waals surface area contributed by atoms with Gasteiger partial charge in [0.1, 0.15) is 6.04 Å². The first-order valence-electron chi connectivity index (χ1n) is 7.63. The highest BCUT2D eigenvalue weighted by atomic mass is 32.2. The fourth-order valence-corrected chi connectivity index (χ4v) is 3.42. The SMILES string of the molecule is CC(NC(=O)c1cccs1)C(=O)NC(C)c1ccc(S(C)(=O)=O)cc1. The van der Waals surface area contributed by atoms with Crippen molar-refractivity contribution in [1.82, 2.24) is 10.6 Å². The van der Waals surface area contributed by atoms with Crippen LogP contribution in [0.5, 0.6) is 0 Å². The number of hydrogen-bond donors (Lipinski definition) is 2. The third-order valence-corrected chi connectivity index (χ3v) is 5.65. The van der Waals surface area contributed by atoms with Gasteiger partial charge in [0.15, 0.2) is 9.84 Å². The zero-order valence-corrected chi connectivity index (χ0v) is 15.8. The zero-order chi connectivity index (χ0) is 18.6. The van der Waals surface area contributed by atoms with Crippen LogP contribution in [0.25, 0.3) is 0 Å². The van der Waals surface area contributed by atoms with Crippen LogP contribution in [-0.4, -0.2) is 32.5 Å². The molecule has 8 heteroatoms. The molecule has 0 bridgehead atoms. The molecule has 2 amide bonds. The van der Waals surface area contributed by atoms with E-state index in [0.717, 1.165) is 11.8 Å². The quantitative estimate of drug-likeness (QED) is 0.803. The van der Waals surface area contributed by atoms with Crippen LogP contribution in [0.3, 0.4) is 0 Å². The molecular formula is C17H20N2O4S2. The zero-order valence-electron chi connectivity index (χ0n) is 14.1. The van der Waals surface area contributed by atoms with Gasteiger partial charge in [-0.3, -0.25) is 9.59 Å². The van der Waals surface area contributed by atoms with Crippen molar-refractivity contribution in [2.75, 3.05) is 6.26 Å². The number of sulfone groups is 1. The lowest BCUT2D eigenvalue weighted by Gasteiger charge is -2.19. The fourth-order valence-electron chi connectivity index (χ4n) is 2.17. The number of nitrogens with one attached hydrogen (secondary N) is 2. The highest BCUT2D eigenvalue weighted by molar-refractivity contribution is 7.90. The summed E-state index contributed by atoms with van der Waals surface area (Å²) >= 11 is 1.31. The van der Waals surface area contributed by atoms with Crippen molar-refractivity contribution in [3.8, 4) is 0 Å². The monoisotopic (exact) mass is 380 g/mol. The second-order valence-electron chi connectivity index (χ2n) is 5.74. The summed E-state index contributed by atoms with van der Waals surface area (Å²) in [6.45, 7) is 3.40. The minimum absolute atomic E-state index is 0.228. The van der Waals surface area contributed by atoms with E-state index in [0.29, 0.717) is 4.88 Å². The summed E-state index contributed by atoms with van der Waals surface area (Å²) in [6.07, 6.45) is 1.14. The van der Waals surface area contributed by atoms with E-state index < -0.39 is 15.9 Å². The fraction of sp³-hybridized carbons (Fsp3) is 0.294. The highest BCUT2D eigenvalue weighted by Crippen LogP contribution is 2.16. The molecule has 0 radical (unpaired) electrons. The molecule has 1 heterocycles. The molecule has 1 aromatic heterocycles. The van der Waals surface area contributed by atoms with Crippen LogP contribution in [0.2, 0.25) is 0 Å². The van der Waals surface area contributed by atoms with Gasteiger partial charge in [0.2, 0.25) is 5.91 Å². The Bertz CT molecular complexity index is 843. The highest BCUT2D eigenvalue weighted by Gasteiger charge is 2.19. The molecular weight excluding hydrogens is 360 g/mol. The molecule has 2 atom stereocenters. The second-order valence-corrected chi connectivity index (χ2v) is 8.71. The first-order valence-corrected chi connectivity index (χ1v) is 10.4. The molecule has 134 valence electrons. The minimum Gasteiger partial charge on any atom is -0.348 e. The molecule has 2 N–H and O–H groups in total. The number of carbonyl (C=O) groups excluding carboxylic acids is 2. The Morgan fingerprint density at radius 1 is 1.04 bits per heavy atom. The van der Waals surface area contributed by atoms with Gasteiger partial charge >= 0.3 is 0 Å². The van der Waals surface area contributed by atoms with E-state index in [9.17, 15) is 18.0 Å². The van der Waals surface area contributed by atoms with Crippen LogP contribution in [0.4, 0.5) is 0 Å². The number of carbonyl (C=O) groups is 2. The standard InChI is InChI=1S/C17H20N2O4S2/c1-11(13-6-8-14(9-7-13)25(3,22)23)18-16(20)12(2)19-17(21)15-5-4-10-24-15/h4-12H,1-3H3,(H,18,20)(H,19,21). The summed E-state index contributed by atoms with van der Waals surface area (Å²) in [4.78, 5) is 25.0. The van der Waals surface area contributed by atoms with Crippen molar-refractivity contribution in [1.29, 1.82) is 0 Å². The number of benzene rings is 1. The third-order valence-electron chi connectivity index (χ3n) is 3.65. The average Bonchev–Trinajstić information content (AvgIpc) is 3.08. The normalized spacial score (nSPS) is 13.7. The Morgan fingerprint density at radius 3 is 2.20 bits per heavy atom. The van der Waals surface area contributed by atoms with Gasteiger partial charge in [-0.05, 0) is 43.0 Å². The molecule has 0 saturated heterocycles. The average molecular weight is 380 g/mol. The molecule has 2 unspecified atom stereocenters. The topological polar surface area (TPSA) is 92.3 Å². The maximum absolute atomic E-state index is 12.2. The van der Waals surface area contributed by atoms with Crippen molar-refractivity contribution in [3.05, 3.63) is 52.2 Å². The predicted octanol–water partition coefficient (Wildman–Crippen LogP) is 2.15. The number of thiophene rings is 1. The summed E-state index contributed by atoms with van der Waals surface area (Å²) in [7, 11) is -3.25. The van der Waals surface area contributed by atoms with Gasteiger partial charge in [-0.2, -0.15) is 0 Å². The molecule has 0 saturated carbocycles. The van der Waals surface area contributed by atoms with Gasteiger partial charge < -0.3 is 10.6 Å². The first-order chi connectivity index (χ1) is 11.7. The van der Waals surface area contributed by atoms with Gasteiger partial charge in [-0.25, -0.2) is 8.42 Å². The number of hydrogen-bond acceptors (Lipinski definition) is 5. The Labute approximate surface area is 151 Å². The summed E-state index contributed by atoms with van der Waals surface area (Å²) in [5.74, 6) is -0.604. The van der Waals surface area contributed by atoms with Gasteiger partial charge in [0.25, 0.3) is 5.91 Å². The van der Waals surface area contributed by atoms with Gasteiger partial charge in [0.05, 0.1) is 15.8 Å². The van der Waals surface area contributed by atoms with Crippen LogP contribution in [0.1, 0.15) is 35.1 Å². The Hall–Kier alpha value is -2.19. The Morgan fingerprint density at radius 2 is 1.68 bits per heavy atom. The number of rotatable bonds is 6. The van der Waals surface area contributed by atoms with E-state index in [1.807, 2.05) is 0 Å². The molecule has 6 nitrogen and oxygen atoms in total.